The zero-order valence-electron chi connectivity index (χ0n) is 16.1. The first-order chi connectivity index (χ1) is 13.4. The molecule has 1 aliphatic rings. The number of thiocarbonyl (C=S) groups is 1. The summed E-state index contributed by atoms with van der Waals surface area (Å²) in [6.07, 6.45) is 2.87. The lowest BCUT2D eigenvalue weighted by Crippen LogP contribution is -2.35. The maximum atomic E-state index is 12.9. The molecule has 1 fully saturated rings. The number of nitrogens with one attached hydrogen (secondary N) is 2. The van der Waals surface area contributed by atoms with Crippen molar-refractivity contribution in [2.24, 2.45) is 0 Å². The summed E-state index contributed by atoms with van der Waals surface area (Å²) in [5, 5.41) is 6.57. The van der Waals surface area contributed by atoms with Gasteiger partial charge in [-0.25, -0.2) is 8.42 Å². The van der Waals surface area contributed by atoms with Gasteiger partial charge in [0, 0.05) is 24.8 Å². The molecule has 28 heavy (non-hydrogen) atoms. The highest BCUT2D eigenvalue weighted by molar-refractivity contribution is 7.89. The number of methoxy groups -OCH3 is 1. The van der Waals surface area contributed by atoms with Crippen LogP contribution in [0, 0.1) is 6.92 Å². The van der Waals surface area contributed by atoms with Gasteiger partial charge in [0.2, 0.25) is 10.0 Å². The standard InChI is InChI=1S/C20H25N3O3S2/c1-15-6-8-16(9-7-15)21-20(27)22-18-11-10-17(14-19(18)26-2)28(24,25)23-12-4-3-5-13-23/h6-11,14H,3-5,12-13H2,1-2H3,(H2,21,22,27). The monoisotopic (exact) mass is 419 g/mol. The van der Waals surface area contributed by atoms with Crippen LogP contribution < -0.4 is 15.4 Å². The van der Waals surface area contributed by atoms with Gasteiger partial charge in [0.05, 0.1) is 17.7 Å². The van der Waals surface area contributed by atoms with Gasteiger partial charge in [-0.05, 0) is 56.2 Å². The number of sulfonamides is 1. The average Bonchev–Trinajstić information content (AvgIpc) is 2.70. The topological polar surface area (TPSA) is 70.7 Å². The third-order valence-corrected chi connectivity index (χ3v) is 6.78. The Morgan fingerprint density at radius 1 is 1.04 bits per heavy atom. The summed E-state index contributed by atoms with van der Waals surface area (Å²) in [5.41, 5.74) is 2.63. The summed E-state index contributed by atoms with van der Waals surface area (Å²) >= 11 is 5.36. The number of ether oxygens (including phenoxy) is 1. The smallest absolute Gasteiger partial charge is 0.243 e. The molecule has 0 saturated carbocycles. The number of hydrogen-bond acceptors (Lipinski definition) is 4. The molecule has 1 heterocycles. The van der Waals surface area contributed by atoms with E-state index in [1.807, 2.05) is 31.2 Å². The highest BCUT2D eigenvalue weighted by Crippen LogP contribution is 2.30. The molecular formula is C20H25N3O3S2. The fourth-order valence-electron chi connectivity index (χ4n) is 3.11. The number of benzene rings is 2. The van der Waals surface area contributed by atoms with Crippen molar-refractivity contribution in [1.82, 2.24) is 4.31 Å². The summed E-state index contributed by atoms with van der Waals surface area (Å²) in [4.78, 5) is 0.231. The zero-order valence-corrected chi connectivity index (χ0v) is 17.7. The van der Waals surface area contributed by atoms with Gasteiger partial charge in [0.1, 0.15) is 5.75 Å². The first-order valence-electron chi connectivity index (χ1n) is 9.23. The van der Waals surface area contributed by atoms with E-state index in [0.29, 0.717) is 29.6 Å². The van der Waals surface area contributed by atoms with E-state index >= 15 is 0 Å². The van der Waals surface area contributed by atoms with E-state index in [-0.39, 0.29) is 4.90 Å². The van der Waals surface area contributed by atoms with Crippen LogP contribution >= 0.6 is 12.2 Å². The van der Waals surface area contributed by atoms with Crippen LogP contribution in [0.4, 0.5) is 11.4 Å². The fourth-order valence-corrected chi connectivity index (χ4v) is 4.87. The first-order valence-corrected chi connectivity index (χ1v) is 11.1. The van der Waals surface area contributed by atoms with Crippen LogP contribution in [0.25, 0.3) is 0 Å². The van der Waals surface area contributed by atoms with Gasteiger partial charge >= 0.3 is 0 Å². The molecule has 1 saturated heterocycles. The van der Waals surface area contributed by atoms with E-state index < -0.39 is 10.0 Å². The SMILES string of the molecule is COc1cc(S(=O)(=O)N2CCCCC2)ccc1NC(=S)Nc1ccc(C)cc1. The van der Waals surface area contributed by atoms with Crippen molar-refractivity contribution < 1.29 is 13.2 Å². The molecule has 2 N–H and O–H groups in total. The van der Waals surface area contributed by atoms with Gasteiger partial charge in [-0.3, -0.25) is 0 Å². The molecular weight excluding hydrogens is 394 g/mol. The minimum atomic E-state index is -3.52. The highest BCUT2D eigenvalue weighted by Gasteiger charge is 2.26. The van der Waals surface area contributed by atoms with Crippen LogP contribution in [0.5, 0.6) is 5.75 Å². The zero-order chi connectivity index (χ0) is 20.1. The Labute approximate surface area is 171 Å². The van der Waals surface area contributed by atoms with Gasteiger partial charge < -0.3 is 15.4 Å². The van der Waals surface area contributed by atoms with E-state index in [2.05, 4.69) is 10.6 Å². The molecule has 8 heteroatoms. The Kier molecular flexibility index (Phi) is 6.53. The van der Waals surface area contributed by atoms with Crippen LogP contribution in [0.15, 0.2) is 47.4 Å². The normalized spacial score (nSPS) is 15.1. The molecule has 0 spiro atoms. The molecule has 6 nitrogen and oxygen atoms in total. The van der Waals surface area contributed by atoms with E-state index in [1.54, 1.807) is 22.5 Å². The van der Waals surface area contributed by atoms with Crippen molar-refractivity contribution >= 4 is 38.7 Å². The predicted octanol–water partition coefficient (Wildman–Crippen LogP) is 3.99. The number of hydrogen-bond donors (Lipinski definition) is 2. The summed E-state index contributed by atoms with van der Waals surface area (Å²) < 4.78 is 32.7. The average molecular weight is 420 g/mol. The van der Waals surface area contributed by atoms with E-state index in [4.69, 9.17) is 17.0 Å². The van der Waals surface area contributed by atoms with Crippen LogP contribution in [-0.4, -0.2) is 38.0 Å². The van der Waals surface area contributed by atoms with Gasteiger partial charge in [0.15, 0.2) is 5.11 Å². The van der Waals surface area contributed by atoms with E-state index in [9.17, 15) is 8.42 Å². The van der Waals surface area contributed by atoms with Gasteiger partial charge in [-0.15, -0.1) is 0 Å². The van der Waals surface area contributed by atoms with Crippen LogP contribution in [0.2, 0.25) is 0 Å². The van der Waals surface area contributed by atoms with Crippen molar-refractivity contribution in [2.75, 3.05) is 30.8 Å². The Hall–Kier alpha value is -2.16. The predicted molar refractivity (Wildman–Crippen MR) is 117 cm³/mol. The Bertz CT molecular complexity index is 938. The second-order valence-corrected chi connectivity index (χ2v) is 9.12. The van der Waals surface area contributed by atoms with Gasteiger partial charge in [-0.2, -0.15) is 4.31 Å². The lowest BCUT2D eigenvalue weighted by atomic mass is 10.2. The molecule has 0 bridgehead atoms. The van der Waals surface area contributed by atoms with Gasteiger partial charge in [-0.1, -0.05) is 24.1 Å². The third kappa shape index (κ3) is 4.81. The van der Waals surface area contributed by atoms with E-state index in [1.165, 1.54) is 7.11 Å². The second kappa shape index (κ2) is 8.89. The first kappa shape index (κ1) is 20.6. The molecule has 150 valence electrons. The number of anilines is 2. The Morgan fingerprint density at radius 3 is 2.36 bits per heavy atom. The summed E-state index contributed by atoms with van der Waals surface area (Å²) in [6.45, 7) is 3.15. The lowest BCUT2D eigenvalue weighted by molar-refractivity contribution is 0.346. The molecule has 2 aromatic rings. The number of rotatable bonds is 5. The largest absolute Gasteiger partial charge is 0.495 e. The Balaban J connectivity index is 1.75. The maximum Gasteiger partial charge on any atom is 0.243 e. The molecule has 1 aliphatic heterocycles. The minimum Gasteiger partial charge on any atom is -0.495 e. The molecule has 0 aliphatic carbocycles. The number of piperidine rings is 1. The van der Waals surface area contributed by atoms with Crippen molar-refractivity contribution in [1.29, 1.82) is 0 Å². The van der Waals surface area contributed by atoms with Crippen LogP contribution in [0.3, 0.4) is 0 Å². The number of nitrogens with zero attached hydrogens (tertiary/aromatic N) is 1. The summed E-state index contributed by atoms with van der Waals surface area (Å²) in [5.74, 6) is 0.422. The second-order valence-electron chi connectivity index (χ2n) is 6.77. The molecule has 0 unspecified atom stereocenters. The Morgan fingerprint density at radius 2 is 1.71 bits per heavy atom. The fraction of sp³-hybridized carbons (Fsp3) is 0.350. The highest BCUT2D eigenvalue weighted by atomic mass is 32.2. The summed E-state index contributed by atoms with van der Waals surface area (Å²) in [7, 11) is -2.01. The van der Waals surface area contributed by atoms with Crippen LogP contribution in [0.1, 0.15) is 24.8 Å². The molecule has 0 aromatic heterocycles. The number of aryl methyl sites for hydroxylation is 1. The lowest BCUT2D eigenvalue weighted by Gasteiger charge is -2.26. The van der Waals surface area contributed by atoms with Crippen molar-refractivity contribution in [3.8, 4) is 5.75 Å². The maximum absolute atomic E-state index is 12.9. The molecule has 2 aromatic carbocycles. The molecule has 3 rings (SSSR count). The van der Waals surface area contributed by atoms with Crippen molar-refractivity contribution in [3.05, 3.63) is 48.0 Å². The van der Waals surface area contributed by atoms with Crippen molar-refractivity contribution in [3.63, 3.8) is 0 Å². The molecule has 0 atom stereocenters. The third-order valence-electron chi connectivity index (χ3n) is 4.68. The molecule has 0 radical (unpaired) electrons. The summed E-state index contributed by atoms with van der Waals surface area (Å²) in [6, 6.07) is 12.7. The van der Waals surface area contributed by atoms with Gasteiger partial charge in [0.25, 0.3) is 0 Å². The van der Waals surface area contributed by atoms with Crippen molar-refractivity contribution in [2.45, 2.75) is 31.1 Å². The minimum absolute atomic E-state index is 0.231. The quantitative estimate of drug-likeness (QED) is 0.714. The van der Waals surface area contributed by atoms with Crippen LogP contribution in [-0.2, 0) is 10.0 Å². The van der Waals surface area contributed by atoms with E-state index in [0.717, 1.165) is 30.5 Å². The molecule has 0 amide bonds.